The minimum Gasteiger partial charge on any atom is -0.394 e. The first-order valence-corrected chi connectivity index (χ1v) is 7.17. The molecule has 114 valence electrons. The molecule has 0 amide bonds. The first kappa shape index (κ1) is 15.0. The van der Waals surface area contributed by atoms with Gasteiger partial charge in [0.15, 0.2) is 0 Å². The molecular formula is C13H14Cl2N2O4. The maximum Gasteiger partial charge on any atom is 0.218 e. The highest BCUT2D eigenvalue weighted by molar-refractivity contribution is 6.33. The highest BCUT2D eigenvalue weighted by Crippen LogP contribution is 2.32. The molecule has 0 spiro atoms. The van der Waals surface area contributed by atoms with E-state index in [1.807, 2.05) is 0 Å². The Morgan fingerprint density at radius 3 is 2.81 bits per heavy atom. The molecule has 1 fully saturated rings. The number of rotatable bonds is 2. The molecule has 2 aromatic rings. The van der Waals surface area contributed by atoms with Gasteiger partial charge >= 0.3 is 0 Å². The first-order valence-electron chi connectivity index (χ1n) is 6.45. The second kappa shape index (κ2) is 5.72. The molecule has 4 atom stereocenters. The maximum absolute atomic E-state index is 10.2. The van der Waals surface area contributed by atoms with Crippen LogP contribution >= 0.6 is 23.4 Å². The average molecular weight is 333 g/mol. The van der Waals surface area contributed by atoms with E-state index in [4.69, 9.17) is 33.2 Å². The van der Waals surface area contributed by atoms with Gasteiger partial charge in [-0.3, -0.25) is 0 Å². The molecule has 21 heavy (non-hydrogen) atoms. The molecule has 1 saturated heterocycles. The van der Waals surface area contributed by atoms with Crippen LogP contribution in [0.4, 0.5) is 0 Å². The molecule has 1 aromatic carbocycles. The van der Waals surface area contributed by atoms with Crippen LogP contribution in [-0.2, 0) is 4.74 Å². The van der Waals surface area contributed by atoms with Crippen molar-refractivity contribution in [3.63, 3.8) is 0 Å². The number of ether oxygens (including phenoxy) is 1. The van der Waals surface area contributed by atoms with E-state index in [1.54, 1.807) is 18.2 Å². The van der Waals surface area contributed by atoms with Crippen molar-refractivity contribution in [2.45, 2.75) is 24.2 Å². The van der Waals surface area contributed by atoms with E-state index in [-0.39, 0.29) is 18.5 Å². The zero-order valence-corrected chi connectivity index (χ0v) is 12.4. The van der Waals surface area contributed by atoms with E-state index in [0.717, 1.165) is 5.56 Å². The SMILES string of the molecule is OCC1OCC(c2ccc3nc(Cl)n(Cl)c3c2)C(O)C1O. The van der Waals surface area contributed by atoms with E-state index in [0.29, 0.717) is 11.0 Å². The van der Waals surface area contributed by atoms with Crippen LogP contribution in [0.3, 0.4) is 0 Å². The third kappa shape index (κ3) is 2.52. The molecule has 1 aromatic heterocycles. The van der Waals surface area contributed by atoms with Gasteiger partial charge < -0.3 is 20.1 Å². The van der Waals surface area contributed by atoms with Gasteiger partial charge in [0, 0.05) is 17.7 Å². The predicted molar refractivity (Wildman–Crippen MR) is 77.6 cm³/mol. The third-order valence-corrected chi connectivity index (χ3v) is 4.51. The molecule has 6 nitrogen and oxygen atoms in total. The summed E-state index contributed by atoms with van der Waals surface area (Å²) in [5, 5.41) is 29.4. The van der Waals surface area contributed by atoms with Crippen molar-refractivity contribution < 1.29 is 20.1 Å². The highest BCUT2D eigenvalue weighted by Gasteiger charge is 2.38. The second-order valence-electron chi connectivity index (χ2n) is 5.05. The second-order valence-corrected chi connectivity index (χ2v) is 5.73. The third-order valence-electron chi connectivity index (χ3n) is 3.83. The van der Waals surface area contributed by atoms with Crippen molar-refractivity contribution in [3.8, 4) is 0 Å². The lowest BCUT2D eigenvalue weighted by Gasteiger charge is -2.37. The Labute approximate surface area is 130 Å². The largest absolute Gasteiger partial charge is 0.394 e. The van der Waals surface area contributed by atoms with Crippen molar-refractivity contribution >= 4 is 34.4 Å². The summed E-state index contributed by atoms with van der Waals surface area (Å²) >= 11 is 11.9. The molecule has 0 saturated carbocycles. The molecule has 1 aliphatic rings. The van der Waals surface area contributed by atoms with E-state index >= 15 is 0 Å². The summed E-state index contributed by atoms with van der Waals surface area (Å²) in [6, 6.07) is 5.28. The van der Waals surface area contributed by atoms with Crippen LogP contribution in [0.5, 0.6) is 0 Å². The molecule has 1 aliphatic heterocycles. The number of hydrogen-bond donors (Lipinski definition) is 3. The topological polar surface area (TPSA) is 87.7 Å². The Kier molecular flexibility index (Phi) is 4.09. The number of aliphatic hydroxyl groups excluding tert-OH is 3. The standard InChI is InChI=1S/C13H14Cl2N2O4/c14-13-16-8-2-1-6(3-9(8)17(13)15)7-5-21-10(4-18)12(20)11(7)19/h1-3,7,10-12,18-20H,4-5H2. The lowest BCUT2D eigenvalue weighted by Crippen LogP contribution is -2.50. The molecule has 0 bridgehead atoms. The van der Waals surface area contributed by atoms with Crippen LogP contribution < -0.4 is 0 Å². The number of halogens is 2. The van der Waals surface area contributed by atoms with Gasteiger partial charge in [0.25, 0.3) is 0 Å². The molecule has 3 N–H and O–H groups in total. The number of imidazole rings is 1. The first-order chi connectivity index (χ1) is 10.0. The van der Waals surface area contributed by atoms with Gasteiger partial charge in [0.05, 0.1) is 30.4 Å². The van der Waals surface area contributed by atoms with E-state index in [2.05, 4.69) is 4.98 Å². The Bertz CT molecular complexity index is 663. The Hall–Kier alpha value is -0.890. The summed E-state index contributed by atoms with van der Waals surface area (Å²) < 4.78 is 6.61. The maximum atomic E-state index is 10.2. The minimum absolute atomic E-state index is 0.157. The molecule has 0 radical (unpaired) electrons. The number of fused-ring (bicyclic) bond motifs is 1. The van der Waals surface area contributed by atoms with Crippen LogP contribution in [-0.4, -0.2) is 55.9 Å². The van der Waals surface area contributed by atoms with Crippen molar-refractivity contribution in [1.29, 1.82) is 0 Å². The fourth-order valence-corrected chi connectivity index (χ4v) is 2.96. The smallest absolute Gasteiger partial charge is 0.218 e. The summed E-state index contributed by atoms with van der Waals surface area (Å²) in [5.41, 5.74) is 2.01. The predicted octanol–water partition coefficient (Wildman–Crippen LogP) is 0.888. The monoisotopic (exact) mass is 332 g/mol. The molecule has 2 heterocycles. The minimum atomic E-state index is -1.14. The van der Waals surface area contributed by atoms with Gasteiger partial charge in [0.1, 0.15) is 12.2 Å². The summed E-state index contributed by atoms with van der Waals surface area (Å²) in [5.74, 6) is -0.419. The van der Waals surface area contributed by atoms with Gasteiger partial charge in [-0.1, -0.05) is 6.07 Å². The van der Waals surface area contributed by atoms with Crippen LogP contribution in [0.15, 0.2) is 18.2 Å². The quantitative estimate of drug-likeness (QED) is 0.760. The van der Waals surface area contributed by atoms with E-state index < -0.39 is 24.2 Å². The van der Waals surface area contributed by atoms with Crippen molar-refractivity contribution in [2.75, 3.05) is 13.2 Å². The number of aromatic nitrogens is 2. The normalized spacial score (nSPS) is 30.0. The Balaban J connectivity index is 1.95. The molecule has 4 unspecified atom stereocenters. The fraction of sp³-hybridized carbons (Fsp3) is 0.462. The number of nitrogens with zero attached hydrogens (tertiary/aromatic N) is 2. The van der Waals surface area contributed by atoms with Crippen LogP contribution in [0, 0.1) is 0 Å². The van der Waals surface area contributed by atoms with Crippen LogP contribution in [0.1, 0.15) is 11.5 Å². The summed E-state index contributed by atoms with van der Waals surface area (Å²) in [6.07, 6.45) is -2.95. The van der Waals surface area contributed by atoms with Gasteiger partial charge in [-0.2, -0.15) is 0 Å². The summed E-state index contributed by atoms with van der Waals surface area (Å²) in [7, 11) is 0. The summed E-state index contributed by atoms with van der Waals surface area (Å²) in [4.78, 5) is 4.08. The van der Waals surface area contributed by atoms with Crippen molar-refractivity contribution in [3.05, 3.63) is 29.0 Å². The van der Waals surface area contributed by atoms with Crippen molar-refractivity contribution in [2.24, 2.45) is 0 Å². The van der Waals surface area contributed by atoms with E-state index in [9.17, 15) is 10.2 Å². The lowest BCUT2D eigenvalue weighted by molar-refractivity contribution is -0.158. The van der Waals surface area contributed by atoms with Crippen LogP contribution in [0.25, 0.3) is 11.0 Å². The van der Waals surface area contributed by atoms with Gasteiger partial charge in [-0.25, -0.2) is 9.07 Å². The Morgan fingerprint density at radius 1 is 1.33 bits per heavy atom. The number of aliphatic hydroxyl groups is 3. The highest BCUT2D eigenvalue weighted by atomic mass is 35.5. The van der Waals surface area contributed by atoms with Gasteiger partial charge in [-0.05, 0) is 29.3 Å². The summed E-state index contributed by atoms with van der Waals surface area (Å²) in [6.45, 7) is -0.146. The van der Waals surface area contributed by atoms with E-state index in [1.165, 1.54) is 4.09 Å². The zero-order valence-electron chi connectivity index (χ0n) is 10.9. The molecule has 3 rings (SSSR count). The van der Waals surface area contributed by atoms with Gasteiger partial charge in [-0.15, -0.1) is 0 Å². The number of benzene rings is 1. The number of hydrogen-bond acceptors (Lipinski definition) is 5. The van der Waals surface area contributed by atoms with Crippen LogP contribution in [0.2, 0.25) is 5.28 Å². The average Bonchev–Trinajstić information content (AvgIpc) is 2.77. The molecule has 0 aliphatic carbocycles. The molecule has 8 heteroatoms. The van der Waals surface area contributed by atoms with Gasteiger partial charge in [0.2, 0.25) is 5.28 Å². The van der Waals surface area contributed by atoms with Crippen molar-refractivity contribution in [1.82, 2.24) is 9.07 Å². The molecular weight excluding hydrogens is 319 g/mol. The fourth-order valence-electron chi connectivity index (χ4n) is 2.60. The lowest BCUT2D eigenvalue weighted by atomic mass is 9.87. The zero-order chi connectivity index (χ0) is 15.1. The Morgan fingerprint density at radius 2 is 2.10 bits per heavy atom.